The number of likely N-dealkylation sites (tertiary alicyclic amines) is 1. The maximum Gasteiger partial charge on any atom is 0.254 e. The Morgan fingerprint density at radius 3 is 2.88 bits per heavy atom. The average molecular weight is 330 g/mol. The van der Waals surface area contributed by atoms with Crippen LogP contribution in [-0.2, 0) is 9.53 Å². The number of aryl methyl sites for hydroxylation is 1. The summed E-state index contributed by atoms with van der Waals surface area (Å²) in [6.45, 7) is 2.77. The zero-order valence-electron chi connectivity index (χ0n) is 14.0. The molecule has 1 saturated heterocycles. The summed E-state index contributed by atoms with van der Waals surface area (Å²) >= 11 is 0. The first-order valence-corrected chi connectivity index (χ1v) is 8.05. The van der Waals surface area contributed by atoms with Gasteiger partial charge in [-0.05, 0) is 44.0 Å². The molecular weight excluding hydrogens is 308 g/mol. The fraction of sp³-hybridized carbons (Fsp3) is 0.444. The van der Waals surface area contributed by atoms with Crippen molar-refractivity contribution in [1.82, 2.24) is 4.90 Å². The number of amides is 2. The van der Waals surface area contributed by atoms with E-state index in [0.29, 0.717) is 25.1 Å². The summed E-state index contributed by atoms with van der Waals surface area (Å²) in [6, 6.07) is 7.29. The monoisotopic (exact) mass is 330 g/mol. The smallest absolute Gasteiger partial charge is 0.254 e. The fourth-order valence-corrected chi connectivity index (χ4v) is 3.70. The Bertz CT molecular complexity index is 782. The number of primary amides is 1. The van der Waals surface area contributed by atoms with Gasteiger partial charge in [0.15, 0.2) is 0 Å². The Kier molecular flexibility index (Phi) is 4.32. The topological polar surface area (TPSA) is 85.8 Å². The van der Waals surface area contributed by atoms with Crippen LogP contribution in [0.4, 0.5) is 0 Å². The van der Waals surface area contributed by atoms with Gasteiger partial charge in [0.1, 0.15) is 11.3 Å². The number of nitrogens with zero attached hydrogens (tertiary/aromatic N) is 1. The first-order chi connectivity index (χ1) is 11.4. The van der Waals surface area contributed by atoms with Gasteiger partial charge in [0.05, 0.1) is 18.6 Å². The van der Waals surface area contributed by atoms with Crippen molar-refractivity contribution in [2.45, 2.75) is 31.7 Å². The maximum absolute atomic E-state index is 13.1. The Morgan fingerprint density at radius 2 is 2.17 bits per heavy atom. The molecule has 0 bridgehead atoms. The van der Waals surface area contributed by atoms with E-state index >= 15 is 0 Å². The van der Waals surface area contributed by atoms with Crippen molar-refractivity contribution < 1.29 is 18.7 Å². The molecule has 1 fully saturated rings. The SMILES string of the molecule is COC[C@@]1(CC(N)=O)CCCN1C(=O)c1ccc2oc(C)cc2c1. The van der Waals surface area contributed by atoms with Gasteiger partial charge in [0, 0.05) is 24.6 Å². The molecule has 24 heavy (non-hydrogen) atoms. The number of carbonyl (C=O) groups excluding carboxylic acids is 2. The van der Waals surface area contributed by atoms with Crippen molar-refractivity contribution in [2.75, 3.05) is 20.3 Å². The van der Waals surface area contributed by atoms with Crippen LogP contribution < -0.4 is 5.73 Å². The number of fused-ring (bicyclic) bond motifs is 1. The Hall–Kier alpha value is -2.34. The van der Waals surface area contributed by atoms with Gasteiger partial charge in [-0.1, -0.05) is 0 Å². The van der Waals surface area contributed by atoms with Crippen molar-refractivity contribution >= 4 is 22.8 Å². The predicted octanol–water partition coefficient (Wildman–Crippen LogP) is 2.24. The van der Waals surface area contributed by atoms with Crippen molar-refractivity contribution in [3.8, 4) is 0 Å². The molecule has 1 aromatic carbocycles. The number of furan rings is 1. The van der Waals surface area contributed by atoms with Crippen LogP contribution in [0.5, 0.6) is 0 Å². The van der Waals surface area contributed by atoms with E-state index < -0.39 is 11.4 Å². The molecule has 1 atom stereocenters. The molecule has 6 heteroatoms. The van der Waals surface area contributed by atoms with Crippen molar-refractivity contribution in [3.05, 3.63) is 35.6 Å². The second-order valence-electron chi connectivity index (χ2n) is 6.47. The van der Waals surface area contributed by atoms with Crippen LogP contribution in [0, 0.1) is 6.92 Å². The van der Waals surface area contributed by atoms with Gasteiger partial charge < -0.3 is 19.8 Å². The molecule has 2 aromatic rings. The minimum absolute atomic E-state index is 0.105. The Balaban J connectivity index is 1.94. The lowest BCUT2D eigenvalue weighted by atomic mass is 9.92. The predicted molar refractivity (Wildman–Crippen MR) is 89.6 cm³/mol. The molecule has 0 spiro atoms. The molecule has 0 aliphatic carbocycles. The molecule has 3 rings (SSSR count). The number of rotatable bonds is 5. The average Bonchev–Trinajstić information content (AvgIpc) is 3.08. The number of hydrogen-bond acceptors (Lipinski definition) is 4. The van der Waals surface area contributed by atoms with Gasteiger partial charge in [0.25, 0.3) is 5.91 Å². The maximum atomic E-state index is 13.1. The molecule has 6 nitrogen and oxygen atoms in total. The number of ether oxygens (including phenoxy) is 1. The number of benzene rings is 1. The summed E-state index contributed by atoms with van der Waals surface area (Å²) in [5, 5.41) is 0.893. The highest BCUT2D eigenvalue weighted by Crippen LogP contribution is 2.34. The van der Waals surface area contributed by atoms with E-state index in [-0.39, 0.29) is 12.3 Å². The zero-order valence-corrected chi connectivity index (χ0v) is 14.0. The summed E-state index contributed by atoms with van der Waals surface area (Å²) in [4.78, 5) is 26.3. The van der Waals surface area contributed by atoms with E-state index in [2.05, 4.69) is 0 Å². The standard InChI is InChI=1S/C18H22N2O4/c1-12-8-14-9-13(4-5-15(14)24-12)17(22)20-7-3-6-18(20,11-23-2)10-16(19)21/h4-5,8-9H,3,6-7,10-11H2,1-2H3,(H2,19,21)/t18-/m0/s1. The largest absolute Gasteiger partial charge is 0.461 e. The molecule has 1 aromatic heterocycles. The Labute approximate surface area is 140 Å². The van der Waals surface area contributed by atoms with E-state index in [9.17, 15) is 9.59 Å². The van der Waals surface area contributed by atoms with Gasteiger partial charge in [-0.2, -0.15) is 0 Å². The van der Waals surface area contributed by atoms with Gasteiger partial charge in [-0.3, -0.25) is 9.59 Å². The summed E-state index contributed by atoms with van der Waals surface area (Å²) in [5.74, 6) is 0.275. The third-order valence-corrected chi connectivity index (χ3v) is 4.64. The molecule has 1 aliphatic heterocycles. The molecule has 0 unspecified atom stereocenters. The third-order valence-electron chi connectivity index (χ3n) is 4.64. The van der Waals surface area contributed by atoms with Gasteiger partial charge in [0.2, 0.25) is 5.91 Å². The van der Waals surface area contributed by atoms with Gasteiger partial charge in [-0.25, -0.2) is 0 Å². The molecular formula is C18H22N2O4. The summed E-state index contributed by atoms with van der Waals surface area (Å²) in [5.41, 5.74) is 6.10. The van der Waals surface area contributed by atoms with Crippen LogP contribution >= 0.6 is 0 Å². The highest BCUT2D eigenvalue weighted by atomic mass is 16.5. The first kappa shape index (κ1) is 16.5. The molecule has 2 N–H and O–H groups in total. The van der Waals surface area contributed by atoms with E-state index in [1.165, 1.54) is 0 Å². The lowest BCUT2D eigenvalue weighted by Gasteiger charge is -2.37. The number of methoxy groups -OCH3 is 1. The van der Waals surface area contributed by atoms with E-state index in [0.717, 1.165) is 23.2 Å². The minimum Gasteiger partial charge on any atom is -0.461 e. The molecule has 0 radical (unpaired) electrons. The highest BCUT2D eigenvalue weighted by Gasteiger charge is 2.45. The lowest BCUT2D eigenvalue weighted by Crippen LogP contribution is -2.52. The van der Waals surface area contributed by atoms with Crippen LogP contribution in [0.3, 0.4) is 0 Å². The van der Waals surface area contributed by atoms with Crippen LogP contribution in [-0.4, -0.2) is 42.5 Å². The van der Waals surface area contributed by atoms with Gasteiger partial charge >= 0.3 is 0 Å². The zero-order chi connectivity index (χ0) is 17.3. The highest BCUT2D eigenvalue weighted by molar-refractivity contribution is 5.98. The second-order valence-corrected chi connectivity index (χ2v) is 6.47. The normalized spacial score (nSPS) is 20.7. The minimum atomic E-state index is -0.654. The Morgan fingerprint density at radius 1 is 1.38 bits per heavy atom. The van der Waals surface area contributed by atoms with E-state index in [1.54, 1.807) is 24.1 Å². The van der Waals surface area contributed by atoms with Crippen LogP contribution in [0.1, 0.15) is 35.4 Å². The van der Waals surface area contributed by atoms with Crippen molar-refractivity contribution in [2.24, 2.45) is 5.73 Å². The summed E-state index contributed by atoms with van der Waals surface area (Å²) in [7, 11) is 1.57. The number of carbonyl (C=O) groups is 2. The molecule has 2 amide bonds. The quantitative estimate of drug-likeness (QED) is 0.911. The number of hydrogen-bond donors (Lipinski definition) is 1. The lowest BCUT2D eigenvalue weighted by molar-refractivity contribution is -0.121. The fourth-order valence-electron chi connectivity index (χ4n) is 3.70. The summed E-state index contributed by atoms with van der Waals surface area (Å²) < 4.78 is 10.9. The van der Waals surface area contributed by atoms with Crippen molar-refractivity contribution in [1.29, 1.82) is 0 Å². The molecule has 0 saturated carbocycles. The van der Waals surface area contributed by atoms with Crippen molar-refractivity contribution in [3.63, 3.8) is 0 Å². The number of nitrogens with two attached hydrogens (primary N) is 1. The van der Waals surface area contributed by atoms with Crippen LogP contribution in [0.2, 0.25) is 0 Å². The molecule has 1 aliphatic rings. The van der Waals surface area contributed by atoms with E-state index in [1.807, 2.05) is 19.1 Å². The third kappa shape index (κ3) is 2.89. The molecule has 2 heterocycles. The van der Waals surface area contributed by atoms with Crippen LogP contribution in [0.25, 0.3) is 11.0 Å². The van der Waals surface area contributed by atoms with Gasteiger partial charge in [-0.15, -0.1) is 0 Å². The molecule has 128 valence electrons. The summed E-state index contributed by atoms with van der Waals surface area (Å²) in [6.07, 6.45) is 1.65. The second kappa shape index (κ2) is 6.28. The van der Waals surface area contributed by atoms with Crippen LogP contribution in [0.15, 0.2) is 28.7 Å². The first-order valence-electron chi connectivity index (χ1n) is 8.05. The van der Waals surface area contributed by atoms with E-state index in [4.69, 9.17) is 14.9 Å².